The van der Waals surface area contributed by atoms with E-state index in [4.69, 9.17) is 9.47 Å². The molecule has 3 fully saturated rings. The molecule has 3 aliphatic heterocycles. The van der Waals surface area contributed by atoms with Gasteiger partial charge in [0.1, 0.15) is 6.10 Å². The largest absolute Gasteiger partial charge is 0.494 e. The molecule has 2 bridgehead atoms. The van der Waals surface area contributed by atoms with E-state index in [1.165, 1.54) is 7.11 Å². The lowest BCUT2D eigenvalue weighted by Crippen LogP contribution is -2.53. The Labute approximate surface area is 188 Å². The summed E-state index contributed by atoms with van der Waals surface area (Å²) in [6, 6.07) is 11.0. The molecule has 1 amide bonds. The highest BCUT2D eigenvalue weighted by atomic mass is 19.1. The van der Waals surface area contributed by atoms with E-state index in [9.17, 15) is 9.18 Å². The summed E-state index contributed by atoms with van der Waals surface area (Å²) >= 11 is 0. The van der Waals surface area contributed by atoms with Gasteiger partial charge in [-0.3, -0.25) is 4.90 Å². The highest BCUT2D eigenvalue weighted by molar-refractivity contribution is 5.71. The van der Waals surface area contributed by atoms with Crippen LogP contribution < -0.4 is 10.1 Å². The van der Waals surface area contributed by atoms with Crippen molar-refractivity contribution in [3.63, 3.8) is 0 Å². The fraction of sp³-hybridized carbons (Fsp3) is 0.500. The summed E-state index contributed by atoms with van der Waals surface area (Å²) in [6.07, 6.45) is 2.67. The maximum atomic E-state index is 14.8. The van der Waals surface area contributed by atoms with E-state index in [0.29, 0.717) is 11.5 Å². The maximum absolute atomic E-state index is 14.8. The molecule has 2 atom stereocenters. The first-order valence-corrected chi connectivity index (χ1v) is 11.5. The van der Waals surface area contributed by atoms with Gasteiger partial charge in [0.2, 0.25) is 0 Å². The number of nitrogens with one attached hydrogen (secondary N) is 1. The van der Waals surface area contributed by atoms with Crippen molar-refractivity contribution in [2.75, 3.05) is 26.7 Å². The first kappa shape index (κ1) is 21.3. The number of piperidine rings is 3. The summed E-state index contributed by atoms with van der Waals surface area (Å²) < 4.78 is 25.8. The molecule has 6 heteroatoms. The number of halogens is 1. The quantitative estimate of drug-likeness (QED) is 0.734. The molecule has 3 heterocycles. The molecular weight excluding hydrogens is 407 g/mol. The van der Waals surface area contributed by atoms with Gasteiger partial charge < -0.3 is 14.8 Å². The van der Waals surface area contributed by atoms with Gasteiger partial charge in [0.25, 0.3) is 0 Å². The maximum Gasteiger partial charge on any atom is 0.407 e. The number of hydrogen-bond donors (Lipinski definition) is 1. The molecule has 2 aromatic rings. The predicted octanol–water partition coefficient (Wildman–Crippen LogP) is 4.95. The third kappa shape index (κ3) is 3.75. The molecule has 1 unspecified atom stereocenters. The number of ether oxygens (including phenoxy) is 2. The number of rotatable bonds is 4. The molecule has 6 rings (SSSR count). The number of alkyl carbamates (subject to hydrolysis) is 1. The van der Waals surface area contributed by atoms with Crippen LogP contribution in [0.25, 0.3) is 11.1 Å². The standard InChI is InChI=1S/C26H31FN2O3/c1-26(2)14-18-13-17(19-5-4-6-21(31-3)23(19)27)7-8-20(18)24(26)28-25(30)32-22-15-29-11-9-16(22)10-12-29/h4-8,13,16,22,24H,9-12,14-15H2,1-3H3,(H,28,30)/t22-,24?/m1/s1. The van der Waals surface area contributed by atoms with Gasteiger partial charge in [-0.25, -0.2) is 9.18 Å². The monoisotopic (exact) mass is 438 g/mol. The molecular formula is C26H31FN2O3. The Morgan fingerprint density at radius 1 is 1.19 bits per heavy atom. The molecule has 170 valence electrons. The van der Waals surface area contributed by atoms with Gasteiger partial charge in [0, 0.05) is 12.1 Å². The number of hydrogen-bond acceptors (Lipinski definition) is 4. The van der Waals surface area contributed by atoms with Gasteiger partial charge in [0.05, 0.1) is 13.2 Å². The molecule has 3 saturated heterocycles. The number of fused-ring (bicyclic) bond motifs is 4. The number of methoxy groups -OCH3 is 1. The van der Waals surface area contributed by atoms with Crippen LogP contribution in [0, 0.1) is 17.2 Å². The van der Waals surface area contributed by atoms with E-state index in [-0.39, 0.29) is 35.2 Å². The van der Waals surface area contributed by atoms with Crippen LogP contribution in [-0.4, -0.2) is 43.8 Å². The molecule has 0 aromatic heterocycles. The van der Waals surface area contributed by atoms with E-state index < -0.39 is 0 Å². The summed E-state index contributed by atoms with van der Waals surface area (Å²) in [7, 11) is 1.47. The lowest BCUT2D eigenvalue weighted by atomic mass is 9.85. The first-order valence-electron chi connectivity index (χ1n) is 11.5. The number of benzene rings is 2. The Morgan fingerprint density at radius 2 is 1.97 bits per heavy atom. The number of carbonyl (C=O) groups excluding carboxylic acids is 1. The fourth-order valence-electron chi connectivity index (χ4n) is 5.72. The second-order valence-electron chi connectivity index (χ2n) is 10.1. The van der Waals surface area contributed by atoms with Crippen LogP contribution >= 0.6 is 0 Å². The van der Waals surface area contributed by atoms with Gasteiger partial charge in [0.15, 0.2) is 11.6 Å². The third-order valence-corrected chi connectivity index (χ3v) is 7.49. The topological polar surface area (TPSA) is 50.8 Å². The van der Waals surface area contributed by atoms with Crippen molar-refractivity contribution in [3.8, 4) is 16.9 Å². The van der Waals surface area contributed by atoms with Crippen molar-refractivity contribution < 1.29 is 18.7 Å². The highest BCUT2D eigenvalue weighted by Crippen LogP contribution is 2.46. The van der Waals surface area contributed by atoms with Gasteiger partial charge in [-0.2, -0.15) is 0 Å². The van der Waals surface area contributed by atoms with Crippen molar-refractivity contribution in [1.82, 2.24) is 10.2 Å². The summed E-state index contributed by atoms with van der Waals surface area (Å²) in [5, 5.41) is 3.15. The minimum atomic E-state index is -0.358. The number of nitrogens with zero attached hydrogens (tertiary/aromatic N) is 1. The van der Waals surface area contributed by atoms with Crippen molar-refractivity contribution in [3.05, 3.63) is 53.3 Å². The van der Waals surface area contributed by atoms with Crippen molar-refractivity contribution in [2.45, 2.75) is 45.3 Å². The van der Waals surface area contributed by atoms with Crippen LogP contribution in [0.15, 0.2) is 36.4 Å². The van der Waals surface area contributed by atoms with Crippen LogP contribution in [0.5, 0.6) is 5.75 Å². The van der Waals surface area contributed by atoms with Crippen molar-refractivity contribution in [2.24, 2.45) is 11.3 Å². The molecule has 5 nitrogen and oxygen atoms in total. The first-order chi connectivity index (χ1) is 15.4. The van der Waals surface area contributed by atoms with Gasteiger partial charge in [-0.15, -0.1) is 0 Å². The lowest BCUT2D eigenvalue weighted by molar-refractivity contribution is -0.0348. The summed E-state index contributed by atoms with van der Waals surface area (Å²) in [5.74, 6) is 0.358. The Bertz CT molecular complexity index is 1030. The summed E-state index contributed by atoms with van der Waals surface area (Å²) in [5.41, 5.74) is 3.37. The van der Waals surface area contributed by atoms with Gasteiger partial charge in [-0.05, 0) is 66.4 Å². The third-order valence-electron chi connectivity index (χ3n) is 7.49. The number of amides is 1. The molecule has 0 saturated carbocycles. The highest BCUT2D eigenvalue weighted by Gasteiger charge is 2.42. The SMILES string of the molecule is COc1cccc(-c2ccc3c(c2)CC(C)(C)C3NC(=O)O[C@@H]2CN3CCC2CC3)c1F. The zero-order chi connectivity index (χ0) is 22.5. The minimum Gasteiger partial charge on any atom is -0.494 e. The zero-order valence-electron chi connectivity index (χ0n) is 19.0. The second-order valence-corrected chi connectivity index (χ2v) is 10.1. The Morgan fingerprint density at radius 3 is 2.66 bits per heavy atom. The zero-order valence-corrected chi connectivity index (χ0v) is 19.0. The Kier molecular flexibility index (Phi) is 5.36. The van der Waals surface area contributed by atoms with E-state index in [2.05, 4.69) is 24.1 Å². The normalized spacial score (nSPS) is 27.6. The van der Waals surface area contributed by atoms with E-state index in [1.54, 1.807) is 18.2 Å². The van der Waals surface area contributed by atoms with Crippen LogP contribution in [-0.2, 0) is 11.2 Å². The van der Waals surface area contributed by atoms with E-state index in [0.717, 1.165) is 55.6 Å². The average molecular weight is 439 g/mol. The molecule has 4 aliphatic rings. The van der Waals surface area contributed by atoms with Crippen molar-refractivity contribution >= 4 is 6.09 Å². The summed E-state index contributed by atoms with van der Waals surface area (Å²) in [4.78, 5) is 15.2. The second kappa shape index (κ2) is 8.07. The molecule has 2 aromatic carbocycles. The average Bonchev–Trinajstić information content (AvgIpc) is 3.03. The van der Waals surface area contributed by atoms with Crippen molar-refractivity contribution in [1.29, 1.82) is 0 Å². The molecule has 0 radical (unpaired) electrons. The smallest absolute Gasteiger partial charge is 0.407 e. The van der Waals surface area contributed by atoms with E-state index in [1.807, 2.05) is 18.2 Å². The van der Waals surface area contributed by atoms with Gasteiger partial charge >= 0.3 is 6.09 Å². The van der Waals surface area contributed by atoms with Crippen LogP contribution in [0.2, 0.25) is 0 Å². The summed E-state index contributed by atoms with van der Waals surface area (Å²) in [6.45, 7) is 7.38. The van der Waals surface area contributed by atoms with Crippen LogP contribution in [0.3, 0.4) is 0 Å². The predicted molar refractivity (Wildman–Crippen MR) is 121 cm³/mol. The molecule has 32 heavy (non-hydrogen) atoms. The molecule has 1 aliphatic carbocycles. The molecule has 1 N–H and O–H groups in total. The van der Waals surface area contributed by atoms with Gasteiger partial charge in [-0.1, -0.05) is 44.2 Å². The van der Waals surface area contributed by atoms with E-state index >= 15 is 0 Å². The van der Waals surface area contributed by atoms with Crippen LogP contribution in [0.1, 0.15) is 43.9 Å². The fourth-order valence-corrected chi connectivity index (χ4v) is 5.72. The molecule has 0 spiro atoms. The Hall–Kier alpha value is -2.60. The lowest BCUT2D eigenvalue weighted by Gasteiger charge is -2.44. The van der Waals surface area contributed by atoms with Crippen LogP contribution in [0.4, 0.5) is 9.18 Å². The number of carbonyl (C=O) groups is 1. The Balaban J connectivity index is 1.35. The minimum absolute atomic E-state index is 0.0140.